The number of hydrogen-bond acceptors (Lipinski definition) is 3. The zero-order chi connectivity index (χ0) is 19.1. The third kappa shape index (κ3) is 3.98. The van der Waals surface area contributed by atoms with E-state index in [1.807, 2.05) is 91.0 Å². The van der Waals surface area contributed by atoms with Crippen LogP contribution in [0, 0.1) is 5.41 Å². The van der Waals surface area contributed by atoms with Gasteiger partial charge in [-0.3, -0.25) is 5.41 Å². The molecule has 0 amide bonds. The molecule has 0 bridgehead atoms. The topological polar surface area (TPSA) is 88.2 Å². The summed E-state index contributed by atoms with van der Waals surface area (Å²) in [5.74, 6) is -0.935. The fourth-order valence-corrected chi connectivity index (χ4v) is 3.34. The number of carbonyl (C=O) groups excluding carboxylic acids is 1. The summed E-state index contributed by atoms with van der Waals surface area (Å²) in [6.07, 6.45) is 0.0469. The van der Waals surface area contributed by atoms with Crippen molar-refractivity contribution in [2.75, 3.05) is 0 Å². The van der Waals surface area contributed by atoms with Crippen LogP contribution in [0.1, 0.15) is 23.1 Å². The van der Waals surface area contributed by atoms with Crippen LogP contribution in [0.25, 0.3) is 0 Å². The van der Waals surface area contributed by atoms with E-state index in [2.05, 4.69) is 5.48 Å². The summed E-state index contributed by atoms with van der Waals surface area (Å²) in [5.41, 5.74) is 9.55. The normalized spacial score (nSPS) is 10.8. The lowest BCUT2D eigenvalue weighted by molar-refractivity contribution is -0.148. The van der Waals surface area contributed by atoms with Crippen LogP contribution in [0.3, 0.4) is 0 Å². The van der Waals surface area contributed by atoms with Gasteiger partial charge < -0.3 is 10.6 Å². The molecule has 136 valence electrons. The third-order valence-electron chi connectivity index (χ3n) is 4.48. The SMILES string of the molecule is N=C(N)NOC(=O)CC(c1ccccc1)(c1ccccc1)c1ccccc1. The van der Waals surface area contributed by atoms with E-state index < -0.39 is 17.3 Å². The van der Waals surface area contributed by atoms with Gasteiger partial charge in [0, 0.05) is 0 Å². The highest BCUT2D eigenvalue weighted by Gasteiger charge is 2.39. The summed E-state index contributed by atoms with van der Waals surface area (Å²) in [6, 6.07) is 29.6. The average molecular weight is 359 g/mol. The Morgan fingerprint density at radius 3 is 1.52 bits per heavy atom. The highest BCUT2D eigenvalue weighted by molar-refractivity contribution is 5.78. The third-order valence-corrected chi connectivity index (χ3v) is 4.48. The van der Waals surface area contributed by atoms with Crippen LogP contribution in [0.15, 0.2) is 91.0 Å². The highest BCUT2D eigenvalue weighted by Crippen LogP contribution is 2.42. The van der Waals surface area contributed by atoms with Gasteiger partial charge in [-0.1, -0.05) is 91.0 Å². The molecule has 4 N–H and O–H groups in total. The molecule has 5 nitrogen and oxygen atoms in total. The van der Waals surface area contributed by atoms with Crippen LogP contribution in [0.5, 0.6) is 0 Å². The smallest absolute Gasteiger partial charge is 0.333 e. The van der Waals surface area contributed by atoms with E-state index in [0.717, 1.165) is 16.7 Å². The summed E-state index contributed by atoms with van der Waals surface area (Å²) in [6.45, 7) is 0. The Hall–Kier alpha value is -3.60. The van der Waals surface area contributed by atoms with Crippen molar-refractivity contribution in [1.82, 2.24) is 5.48 Å². The molecule has 0 atom stereocenters. The maximum absolute atomic E-state index is 12.6. The number of rotatable bonds is 5. The standard InChI is InChI=1S/C22H21N3O2/c23-21(24)25-27-20(26)16-22(17-10-4-1-5-11-17,18-12-6-2-7-13-18)19-14-8-3-9-15-19/h1-15H,16H2,(H4,23,24,25). The molecule has 3 aromatic carbocycles. The van der Waals surface area contributed by atoms with Crippen LogP contribution in [-0.2, 0) is 15.0 Å². The predicted octanol–water partition coefficient (Wildman–Crippen LogP) is 3.35. The van der Waals surface area contributed by atoms with E-state index in [1.54, 1.807) is 0 Å². The van der Waals surface area contributed by atoms with Gasteiger partial charge in [-0.05, 0) is 16.7 Å². The van der Waals surface area contributed by atoms with Gasteiger partial charge in [0.05, 0.1) is 11.8 Å². The molecule has 0 fully saturated rings. The minimum absolute atomic E-state index is 0.0469. The summed E-state index contributed by atoms with van der Waals surface area (Å²) >= 11 is 0. The second-order valence-electron chi connectivity index (χ2n) is 6.17. The molecule has 0 saturated heterocycles. The highest BCUT2D eigenvalue weighted by atomic mass is 16.7. The van der Waals surface area contributed by atoms with Gasteiger partial charge in [0.1, 0.15) is 0 Å². The lowest BCUT2D eigenvalue weighted by Crippen LogP contribution is -2.37. The Morgan fingerprint density at radius 2 is 1.19 bits per heavy atom. The van der Waals surface area contributed by atoms with Crippen molar-refractivity contribution in [3.63, 3.8) is 0 Å². The minimum atomic E-state index is -0.737. The number of nitrogens with one attached hydrogen (secondary N) is 2. The first kappa shape index (κ1) is 18.2. The first-order valence-corrected chi connectivity index (χ1v) is 8.59. The zero-order valence-corrected chi connectivity index (χ0v) is 14.8. The number of carbonyl (C=O) groups is 1. The number of guanidine groups is 1. The quantitative estimate of drug-likeness (QED) is 0.282. The Kier molecular flexibility index (Phi) is 5.52. The number of benzene rings is 3. The van der Waals surface area contributed by atoms with Crippen molar-refractivity contribution in [1.29, 1.82) is 5.41 Å². The van der Waals surface area contributed by atoms with E-state index in [-0.39, 0.29) is 6.42 Å². The lowest BCUT2D eigenvalue weighted by Gasteiger charge is -2.35. The first-order valence-electron chi connectivity index (χ1n) is 8.59. The second kappa shape index (κ2) is 8.19. The van der Waals surface area contributed by atoms with E-state index in [0.29, 0.717) is 0 Å². The molecule has 0 spiro atoms. The van der Waals surface area contributed by atoms with Crippen molar-refractivity contribution in [2.24, 2.45) is 5.73 Å². The fraction of sp³-hybridized carbons (Fsp3) is 0.0909. The van der Waals surface area contributed by atoms with Crippen molar-refractivity contribution >= 4 is 11.9 Å². The van der Waals surface area contributed by atoms with Crippen LogP contribution in [0.2, 0.25) is 0 Å². The molecule has 0 aliphatic heterocycles. The summed E-state index contributed by atoms with van der Waals surface area (Å²) in [4.78, 5) is 17.6. The minimum Gasteiger partial charge on any atom is -0.368 e. The molecule has 27 heavy (non-hydrogen) atoms. The molecule has 0 aliphatic rings. The number of hydroxylamine groups is 1. The molecule has 3 aromatic rings. The molecule has 0 heterocycles. The van der Waals surface area contributed by atoms with E-state index >= 15 is 0 Å². The largest absolute Gasteiger partial charge is 0.368 e. The van der Waals surface area contributed by atoms with Gasteiger partial charge in [-0.2, -0.15) is 5.48 Å². The molecule has 3 rings (SSSR count). The van der Waals surface area contributed by atoms with Gasteiger partial charge in [0.2, 0.25) is 5.96 Å². The maximum atomic E-state index is 12.6. The van der Waals surface area contributed by atoms with Gasteiger partial charge in [-0.25, -0.2) is 4.79 Å². The summed E-state index contributed by atoms with van der Waals surface area (Å²) in [7, 11) is 0. The van der Waals surface area contributed by atoms with Crippen molar-refractivity contribution in [3.8, 4) is 0 Å². The predicted molar refractivity (Wildman–Crippen MR) is 105 cm³/mol. The van der Waals surface area contributed by atoms with Gasteiger partial charge in [0.15, 0.2) is 0 Å². The van der Waals surface area contributed by atoms with Crippen molar-refractivity contribution in [3.05, 3.63) is 108 Å². The molecule has 0 aliphatic carbocycles. The number of hydrogen-bond donors (Lipinski definition) is 3. The van der Waals surface area contributed by atoms with Gasteiger partial charge >= 0.3 is 5.97 Å². The Balaban J connectivity index is 2.17. The number of nitrogens with two attached hydrogens (primary N) is 1. The van der Waals surface area contributed by atoms with Gasteiger partial charge in [0.25, 0.3) is 0 Å². The van der Waals surface area contributed by atoms with E-state index in [1.165, 1.54) is 0 Å². The molecular weight excluding hydrogens is 338 g/mol. The first-order chi connectivity index (χ1) is 13.1. The molecule has 0 radical (unpaired) electrons. The Morgan fingerprint density at radius 1 is 0.815 bits per heavy atom. The van der Waals surface area contributed by atoms with E-state index in [9.17, 15) is 4.79 Å². The Bertz CT molecular complexity index is 800. The van der Waals surface area contributed by atoms with Crippen molar-refractivity contribution < 1.29 is 9.63 Å². The molecular formula is C22H21N3O2. The van der Waals surface area contributed by atoms with Gasteiger partial charge in [-0.15, -0.1) is 0 Å². The van der Waals surface area contributed by atoms with E-state index in [4.69, 9.17) is 16.0 Å². The lowest BCUT2D eigenvalue weighted by atomic mass is 9.67. The summed E-state index contributed by atoms with van der Waals surface area (Å²) in [5, 5.41) is 7.20. The second-order valence-corrected chi connectivity index (χ2v) is 6.17. The van der Waals surface area contributed by atoms with Crippen LogP contribution >= 0.6 is 0 Å². The average Bonchev–Trinajstić information content (AvgIpc) is 2.72. The summed E-state index contributed by atoms with van der Waals surface area (Å²) < 4.78 is 0. The molecule has 0 unspecified atom stereocenters. The monoisotopic (exact) mass is 359 g/mol. The van der Waals surface area contributed by atoms with Crippen molar-refractivity contribution in [2.45, 2.75) is 11.8 Å². The molecule has 0 saturated carbocycles. The van der Waals surface area contributed by atoms with Crippen LogP contribution in [0.4, 0.5) is 0 Å². The maximum Gasteiger partial charge on any atom is 0.333 e. The molecule has 0 aromatic heterocycles. The zero-order valence-electron chi connectivity index (χ0n) is 14.8. The van der Waals surface area contributed by atoms with Crippen LogP contribution < -0.4 is 11.2 Å². The van der Waals surface area contributed by atoms with Crippen LogP contribution in [-0.4, -0.2) is 11.9 Å². The molecule has 5 heteroatoms. The Labute approximate surface area is 158 Å². The fourth-order valence-electron chi connectivity index (χ4n) is 3.34.